The maximum atomic E-state index is 13.0. The summed E-state index contributed by atoms with van der Waals surface area (Å²) in [5.74, 6) is 0.747. The zero-order valence-electron chi connectivity index (χ0n) is 17.5. The fraction of sp³-hybridized carbons (Fsp3) is 0.120. The Labute approximate surface area is 185 Å². The van der Waals surface area contributed by atoms with Crippen LogP contribution in [0.5, 0.6) is 5.75 Å². The summed E-state index contributed by atoms with van der Waals surface area (Å²) in [6.45, 7) is 0. The van der Waals surface area contributed by atoms with Crippen molar-refractivity contribution in [2.24, 2.45) is 0 Å². The molecule has 1 atom stereocenters. The number of nitrogens with one attached hydrogen (secondary N) is 2. The molecule has 2 aromatic heterocycles. The molecule has 2 N–H and O–H groups in total. The Morgan fingerprint density at radius 1 is 1.03 bits per heavy atom. The Hall–Kier alpha value is -4.26. The Morgan fingerprint density at radius 3 is 2.59 bits per heavy atom. The van der Waals surface area contributed by atoms with Crippen molar-refractivity contribution in [2.75, 3.05) is 7.11 Å². The summed E-state index contributed by atoms with van der Waals surface area (Å²) in [5.41, 5.74) is 2.24. The molecule has 0 aliphatic heterocycles. The average Bonchev–Trinajstić information content (AvgIpc) is 2.84. The van der Waals surface area contributed by atoms with E-state index < -0.39 is 0 Å². The number of aromatic nitrogens is 3. The SMILES string of the molecule is COc1cccc(C(=O)NC(Cc2cc(=O)[nH]c(-c3ccccn3)n2)c2ccccc2)c1. The molecule has 0 fully saturated rings. The molecule has 4 rings (SSSR count). The first-order valence-electron chi connectivity index (χ1n) is 10.1. The average molecular weight is 426 g/mol. The molecular formula is C25H22N4O3. The third kappa shape index (κ3) is 5.07. The number of pyridine rings is 1. The predicted octanol–water partition coefficient (Wildman–Crippen LogP) is 3.55. The van der Waals surface area contributed by atoms with Gasteiger partial charge < -0.3 is 15.0 Å². The zero-order chi connectivity index (χ0) is 22.3. The number of ether oxygens (including phenoxy) is 1. The Morgan fingerprint density at radius 2 is 1.84 bits per heavy atom. The first kappa shape index (κ1) is 21.0. The van der Waals surface area contributed by atoms with Crippen molar-refractivity contribution in [3.63, 3.8) is 0 Å². The highest BCUT2D eigenvalue weighted by molar-refractivity contribution is 5.94. The molecule has 0 saturated carbocycles. The number of hydrogen-bond acceptors (Lipinski definition) is 5. The van der Waals surface area contributed by atoms with Gasteiger partial charge in [-0.15, -0.1) is 0 Å². The minimum absolute atomic E-state index is 0.243. The first-order chi connectivity index (χ1) is 15.6. The van der Waals surface area contributed by atoms with Crippen LogP contribution < -0.4 is 15.6 Å². The van der Waals surface area contributed by atoms with Crippen molar-refractivity contribution < 1.29 is 9.53 Å². The fourth-order valence-corrected chi connectivity index (χ4v) is 3.39. The van der Waals surface area contributed by atoms with E-state index in [-0.39, 0.29) is 17.5 Å². The zero-order valence-corrected chi connectivity index (χ0v) is 17.5. The number of rotatable bonds is 7. The van der Waals surface area contributed by atoms with Crippen LogP contribution in [0.1, 0.15) is 27.7 Å². The number of hydrogen-bond donors (Lipinski definition) is 2. The van der Waals surface area contributed by atoms with Crippen LogP contribution in [0.4, 0.5) is 0 Å². The van der Waals surface area contributed by atoms with E-state index in [4.69, 9.17) is 4.74 Å². The maximum Gasteiger partial charge on any atom is 0.251 e. The second-order valence-electron chi connectivity index (χ2n) is 7.17. The number of amides is 1. The molecule has 0 radical (unpaired) electrons. The minimum atomic E-state index is -0.388. The normalized spacial score (nSPS) is 11.5. The molecule has 7 nitrogen and oxygen atoms in total. The van der Waals surface area contributed by atoms with Crippen LogP contribution >= 0.6 is 0 Å². The van der Waals surface area contributed by atoms with E-state index >= 15 is 0 Å². The highest BCUT2D eigenvalue weighted by Crippen LogP contribution is 2.20. The second-order valence-corrected chi connectivity index (χ2v) is 7.17. The smallest absolute Gasteiger partial charge is 0.251 e. The molecule has 7 heteroatoms. The lowest BCUT2D eigenvalue weighted by molar-refractivity contribution is 0.0936. The molecule has 2 heterocycles. The van der Waals surface area contributed by atoms with E-state index in [0.717, 1.165) is 5.56 Å². The Bertz CT molecular complexity index is 1260. The van der Waals surface area contributed by atoms with Gasteiger partial charge in [0.2, 0.25) is 0 Å². The number of carbonyl (C=O) groups excluding carboxylic acids is 1. The van der Waals surface area contributed by atoms with E-state index in [1.54, 1.807) is 49.7 Å². The van der Waals surface area contributed by atoms with Gasteiger partial charge in [-0.1, -0.05) is 42.5 Å². The van der Waals surface area contributed by atoms with E-state index in [2.05, 4.69) is 20.3 Å². The summed E-state index contributed by atoms with van der Waals surface area (Å²) >= 11 is 0. The molecule has 0 bridgehead atoms. The summed E-state index contributed by atoms with van der Waals surface area (Å²) in [4.78, 5) is 36.8. The first-order valence-corrected chi connectivity index (χ1v) is 10.1. The van der Waals surface area contributed by atoms with E-state index in [0.29, 0.717) is 34.9 Å². The van der Waals surface area contributed by atoms with Gasteiger partial charge in [-0.25, -0.2) is 4.98 Å². The Kier molecular flexibility index (Phi) is 6.36. The van der Waals surface area contributed by atoms with Crippen LogP contribution in [0.15, 0.2) is 89.9 Å². The Balaban J connectivity index is 1.64. The van der Waals surface area contributed by atoms with Gasteiger partial charge in [-0.3, -0.25) is 14.6 Å². The van der Waals surface area contributed by atoms with Gasteiger partial charge in [0.1, 0.15) is 11.4 Å². The van der Waals surface area contributed by atoms with Gasteiger partial charge in [0.15, 0.2) is 5.82 Å². The highest BCUT2D eigenvalue weighted by Gasteiger charge is 2.18. The van der Waals surface area contributed by atoms with Gasteiger partial charge in [-0.2, -0.15) is 0 Å². The van der Waals surface area contributed by atoms with Crippen LogP contribution in [0.25, 0.3) is 11.5 Å². The van der Waals surface area contributed by atoms with E-state index in [1.165, 1.54) is 6.07 Å². The van der Waals surface area contributed by atoms with Gasteiger partial charge in [0, 0.05) is 24.2 Å². The summed E-state index contributed by atoms with van der Waals surface area (Å²) in [7, 11) is 1.56. The molecule has 0 aliphatic rings. The molecule has 160 valence electrons. The third-order valence-electron chi connectivity index (χ3n) is 4.95. The molecule has 4 aromatic rings. The van der Waals surface area contributed by atoms with Crippen molar-refractivity contribution in [3.8, 4) is 17.3 Å². The van der Waals surface area contributed by atoms with Crippen molar-refractivity contribution in [1.82, 2.24) is 20.3 Å². The van der Waals surface area contributed by atoms with Gasteiger partial charge in [0.25, 0.3) is 11.5 Å². The van der Waals surface area contributed by atoms with Gasteiger partial charge in [-0.05, 0) is 35.9 Å². The van der Waals surface area contributed by atoms with Gasteiger partial charge >= 0.3 is 0 Å². The quantitative estimate of drug-likeness (QED) is 0.471. The number of nitrogens with zero attached hydrogens (tertiary/aromatic N) is 2. The predicted molar refractivity (Wildman–Crippen MR) is 121 cm³/mol. The van der Waals surface area contributed by atoms with Gasteiger partial charge in [0.05, 0.1) is 18.8 Å². The maximum absolute atomic E-state index is 13.0. The number of methoxy groups -OCH3 is 1. The summed E-state index contributed by atoms with van der Waals surface area (Å²) < 4.78 is 5.22. The lowest BCUT2D eigenvalue weighted by Crippen LogP contribution is -2.30. The largest absolute Gasteiger partial charge is 0.497 e. The number of aromatic amines is 1. The number of H-pyrrole nitrogens is 1. The standard InChI is InChI=1S/C25H22N4O3/c1-32-20-11-7-10-18(14-20)25(31)28-22(17-8-3-2-4-9-17)15-19-16-23(30)29-24(27-19)21-12-5-6-13-26-21/h2-14,16,22H,15H2,1H3,(H,28,31)(H,27,29,30). The van der Waals surface area contributed by atoms with Crippen molar-refractivity contribution in [3.05, 3.63) is 112 Å². The fourth-order valence-electron chi connectivity index (χ4n) is 3.39. The lowest BCUT2D eigenvalue weighted by atomic mass is 10.0. The van der Waals surface area contributed by atoms with E-state index in [9.17, 15) is 9.59 Å². The van der Waals surface area contributed by atoms with Crippen LogP contribution in [-0.4, -0.2) is 28.0 Å². The molecular weight excluding hydrogens is 404 g/mol. The number of carbonyl (C=O) groups is 1. The molecule has 0 spiro atoms. The molecule has 0 saturated heterocycles. The third-order valence-corrected chi connectivity index (χ3v) is 4.95. The van der Waals surface area contributed by atoms with Crippen LogP contribution in [0.2, 0.25) is 0 Å². The van der Waals surface area contributed by atoms with Crippen LogP contribution in [0.3, 0.4) is 0 Å². The highest BCUT2D eigenvalue weighted by atomic mass is 16.5. The molecule has 0 aliphatic carbocycles. The summed E-state index contributed by atoms with van der Waals surface area (Å²) in [5, 5.41) is 3.07. The molecule has 32 heavy (non-hydrogen) atoms. The van der Waals surface area contributed by atoms with Crippen LogP contribution in [-0.2, 0) is 6.42 Å². The molecule has 1 amide bonds. The van der Waals surface area contributed by atoms with E-state index in [1.807, 2.05) is 36.4 Å². The molecule has 1 unspecified atom stereocenters. The van der Waals surface area contributed by atoms with Crippen molar-refractivity contribution in [2.45, 2.75) is 12.5 Å². The number of benzene rings is 2. The van der Waals surface area contributed by atoms with Crippen molar-refractivity contribution in [1.29, 1.82) is 0 Å². The van der Waals surface area contributed by atoms with Crippen LogP contribution in [0, 0.1) is 0 Å². The summed E-state index contributed by atoms with van der Waals surface area (Å²) in [6, 6.07) is 23.0. The lowest BCUT2D eigenvalue weighted by Gasteiger charge is -2.19. The topological polar surface area (TPSA) is 97.0 Å². The molecule has 2 aromatic carbocycles. The minimum Gasteiger partial charge on any atom is -0.497 e. The summed E-state index contributed by atoms with van der Waals surface area (Å²) in [6.07, 6.45) is 1.98. The van der Waals surface area contributed by atoms with Crippen molar-refractivity contribution >= 4 is 5.91 Å². The monoisotopic (exact) mass is 426 g/mol. The second kappa shape index (κ2) is 9.70.